The van der Waals surface area contributed by atoms with Gasteiger partial charge < -0.3 is 15.4 Å². The molecule has 22 heavy (non-hydrogen) atoms. The third-order valence-corrected chi connectivity index (χ3v) is 3.58. The fourth-order valence-corrected chi connectivity index (χ4v) is 2.48. The Morgan fingerprint density at radius 2 is 2.09 bits per heavy atom. The molecule has 0 aliphatic carbocycles. The third-order valence-electron chi connectivity index (χ3n) is 3.58. The summed E-state index contributed by atoms with van der Waals surface area (Å²) in [4.78, 5) is 11.9. The van der Waals surface area contributed by atoms with E-state index in [1.165, 1.54) is 12.1 Å². The lowest BCUT2D eigenvalue weighted by molar-refractivity contribution is -0.116. The molecule has 0 aromatic heterocycles. The highest BCUT2D eigenvalue weighted by atomic mass is 35.5. The number of hydrogen-bond acceptors (Lipinski definition) is 3. The first-order valence-corrected chi connectivity index (χ1v) is 7.19. The minimum Gasteiger partial charge on any atom is -0.435 e. The molecule has 1 fully saturated rings. The summed E-state index contributed by atoms with van der Waals surface area (Å²) in [6.07, 6.45) is 3.52. The first kappa shape index (κ1) is 18.6. The van der Waals surface area contributed by atoms with Crippen LogP contribution in [-0.4, -0.2) is 25.6 Å². The van der Waals surface area contributed by atoms with Gasteiger partial charge in [-0.2, -0.15) is 8.78 Å². The number of amides is 1. The van der Waals surface area contributed by atoms with Crippen LogP contribution < -0.4 is 15.4 Å². The van der Waals surface area contributed by atoms with Gasteiger partial charge in [-0.25, -0.2) is 0 Å². The fraction of sp³-hybridized carbons (Fsp3) is 0.533. The molecule has 1 saturated heterocycles. The third kappa shape index (κ3) is 6.58. The number of rotatable bonds is 6. The van der Waals surface area contributed by atoms with E-state index in [2.05, 4.69) is 15.4 Å². The van der Waals surface area contributed by atoms with Crippen molar-refractivity contribution >= 4 is 24.0 Å². The Morgan fingerprint density at radius 3 is 2.77 bits per heavy atom. The minimum atomic E-state index is -2.86. The molecule has 0 radical (unpaired) electrons. The van der Waals surface area contributed by atoms with Crippen molar-refractivity contribution in [2.24, 2.45) is 5.92 Å². The Labute approximate surface area is 135 Å². The lowest BCUT2D eigenvalue weighted by atomic mass is 9.93. The molecule has 0 unspecified atom stereocenters. The van der Waals surface area contributed by atoms with Gasteiger partial charge in [0.25, 0.3) is 0 Å². The van der Waals surface area contributed by atoms with Gasteiger partial charge in [0.15, 0.2) is 0 Å². The molecule has 2 N–H and O–H groups in total. The lowest BCUT2D eigenvalue weighted by Gasteiger charge is -2.22. The summed E-state index contributed by atoms with van der Waals surface area (Å²) >= 11 is 0. The second kappa shape index (κ2) is 9.58. The largest absolute Gasteiger partial charge is 0.435 e. The maximum atomic E-state index is 12.1. The van der Waals surface area contributed by atoms with Crippen LogP contribution in [0.5, 0.6) is 5.75 Å². The molecule has 1 aliphatic heterocycles. The van der Waals surface area contributed by atoms with Crippen LogP contribution in [-0.2, 0) is 4.79 Å². The second-order valence-corrected chi connectivity index (χ2v) is 5.19. The summed E-state index contributed by atoms with van der Waals surface area (Å²) in [5.74, 6) is 0.536. The van der Waals surface area contributed by atoms with Crippen molar-refractivity contribution in [1.29, 1.82) is 0 Å². The number of anilines is 1. The summed E-state index contributed by atoms with van der Waals surface area (Å²) in [6.45, 7) is -0.839. The predicted molar refractivity (Wildman–Crippen MR) is 83.8 cm³/mol. The van der Waals surface area contributed by atoms with Crippen molar-refractivity contribution in [2.45, 2.75) is 32.3 Å². The van der Waals surface area contributed by atoms with E-state index >= 15 is 0 Å². The zero-order valence-corrected chi connectivity index (χ0v) is 13.0. The molecule has 1 aliphatic rings. The number of carbonyl (C=O) groups is 1. The van der Waals surface area contributed by atoms with Gasteiger partial charge in [0.1, 0.15) is 5.75 Å². The first-order valence-electron chi connectivity index (χ1n) is 7.19. The Hall–Kier alpha value is -1.40. The van der Waals surface area contributed by atoms with Crippen molar-refractivity contribution in [2.75, 3.05) is 18.4 Å². The van der Waals surface area contributed by atoms with E-state index < -0.39 is 6.61 Å². The van der Waals surface area contributed by atoms with Crippen molar-refractivity contribution in [3.8, 4) is 5.75 Å². The van der Waals surface area contributed by atoms with Crippen LogP contribution in [0.1, 0.15) is 25.7 Å². The van der Waals surface area contributed by atoms with Crippen LogP contribution >= 0.6 is 12.4 Å². The Balaban J connectivity index is 0.00000242. The topological polar surface area (TPSA) is 50.4 Å². The minimum absolute atomic E-state index is 0. The molecule has 0 bridgehead atoms. The molecule has 2 rings (SSSR count). The SMILES string of the molecule is Cl.O=C(CCC1CCNCC1)Nc1cccc(OC(F)F)c1. The smallest absolute Gasteiger partial charge is 0.387 e. The molecule has 4 nitrogen and oxygen atoms in total. The molecule has 124 valence electrons. The standard InChI is InChI=1S/C15H20F2N2O2.ClH/c16-15(17)21-13-3-1-2-12(10-13)19-14(20)5-4-11-6-8-18-9-7-11;/h1-3,10-11,15,18H,4-9H2,(H,19,20);1H. The average Bonchev–Trinajstić information content (AvgIpc) is 2.46. The monoisotopic (exact) mass is 334 g/mol. The van der Waals surface area contributed by atoms with E-state index in [4.69, 9.17) is 0 Å². The normalized spacial score (nSPS) is 15.2. The van der Waals surface area contributed by atoms with E-state index in [1.54, 1.807) is 12.1 Å². The van der Waals surface area contributed by atoms with Crippen molar-refractivity contribution in [1.82, 2.24) is 5.32 Å². The van der Waals surface area contributed by atoms with Crippen LogP contribution in [0.3, 0.4) is 0 Å². The van der Waals surface area contributed by atoms with Crippen LogP contribution in [0.15, 0.2) is 24.3 Å². The highest BCUT2D eigenvalue weighted by molar-refractivity contribution is 5.90. The van der Waals surface area contributed by atoms with Crippen LogP contribution in [0.4, 0.5) is 14.5 Å². The van der Waals surface area contributed by atoms with Crippen LogP contribution in [0, 0.1) is 5.92 Å². The molecule has 1 aromatic rings. The Bertz CT molecular complexity index is 469. The van der Waals surface area contributed by atoms with Gasteiger partial charge in [-0.05, 0) is 50.4 Å². The quantitative estimate of drug-likeness (QED) is 0.838. The molecule has 0 spiro atoms. The van der Waals surface area contributed by atoms with E-state index in [0.717, 1.165) is 32.4 Å². The summed E-state index contributed by atoms with van der Waals surface area (Å²) in [5.41, 5.74) is 0.475. The number of benzene rings is 1. The molecule has 0 saturated carbocycles. The molecule has 7 heteroatoms. The van der Waals surface area contributed by atoms with E-state index in [0.29, 0.717) is 18.0 Å². The van der Waals surface area contributed by atoms with Crippen molar-refractivity contribution in [3.63, 3.8) is 0 Å². The molecule has 1 amide bonds. The van der Waals surface area contributed by atoms with Gasteiger partial charge in [-0.1, -0.05) is 6.07 Å². The zero-order chi connectivity index (χ0) is 15.1. The number of halogens is 3. The van der Waals surface area contributed by atoms with Gasteiger partial charge in [0, 0.05) is 18.2 Å². The maximum Gasteiger partial charge on any atom is 0.387 e. The van der Waals surface area contributed by atoms with Gasteiger partial charge >= 0.3 is 6.61 Å². The second-order valence-electron chi connectivity index (χ2n) is 5.19. The Morgan fingerprint density at radius 1 is 1.36 bits per heavy atom. The molecule has 1 aromatic carbocycles. The summed E-state index contributed by atoms with van der Waals surface area (Å²) < 4.78 is 28.6. The van der Waals surface area contributed by atoms with Gasteiger partial charge in [-0.3, -0.25) is 4.79 Å². The number of piperidine rings is 1. The zero-order valence-electron chi connectivity index (χ0n) is 12.2. The van der Waals surface area contributed by atoms with Crippen molar-refractivity contribution < 1.29 is 18.3 Å². The van der Waals surface area contributed by atoms with Crippen molar-refractivity contribution in [3.05, 3.63) is 24.3 Å². The van der Waals surface area contributed by atoms with Crippen LogP contribution in [0.2, 0.25) is 0 Å². The van der Waals surface area contributed by atoms with E-state index in [9.17, 15) is 13.6 Å². The summed E-state index contributed by atoms with van der Waals surface area (Å²) in [7, 11) is 0. The highest BCUT2D eigenvalue weighted by Crippen LogP contribution is 2.21. The number of hydrogen-bond donors (Lipinski definition) is 2. The fourth-order valence-electron chi connectivity index (χ4n) is 2.48. The van der Waals surface area contributed by atoms with Gasteiger partial charge in [0.2, 0.25) is 5.91 Å². The van der Waals surface area contributed by atoms with Gasteiger partial charge in [0.05, 0.1) is 0 Å². The molecular weight excluding hydrogens is 314 g/mol. The molecular formula is C15H21ClF2N2O2. The first-order chi connectivity index (χ1) is 10.1. The van der Waals surface area contributed by atoms with Crippen LogP contribution in [0.25, 0.3) is 0 Å². The number of alkyl halides is 2. The molecule has 0 atom stereocenters. The average molecular weight is 335 g/mol. The molecule has 1 heterocycles. The number of ether oxygens (including phenoxy) is 1. The Kier molecular flexibility index (Phi) is 8.12. The number of nitrogens with one attached hydrogen (secondary N) is 2. The van der Waals surface area contributed by atoms with Gasteiger partial charge in [-0.15, -0.1) is 12.4 Å². The summed E-state index contributed by atoms with van der Waals surface area (Å²) in [6, 6.07) is 6.05. The lowest BCUT2D eigenvalue weighted by Crippen LogP contribution is -2.28. The number of carbonyl (C=O) groups excluding carboxylic acids is 1. The summed E-state index contributed by atoms with van der Waals surface area (Å²) in [5, 5.41) is 6.00. The highest BCUT2D eigenvalue weighted by Gasteiger charge is 2.14. The van der Waals surface area contributed by atoms with E-state index in [1.807, 2.05) is 0 Å². The van der Waals surface area contributed by atoms with E-state index in [-0.39, 0.29) is 24.1 Å². The maximum absolute atomic E-state index is 12.1. The predicted octanol–water partition coefficient (Wildman–Crippen LogP) is 3.43.